The SMILES string of the molecule is COC(=O)N[C@H](C(=O)N1C[C@]2(CCCOC2)C[C@H]1C1=NC=C(c2ccc3cc4cc(-c5cnc([C@@H]6C[C@@H]7CCCC[C@@H]7N6C(=O)[C@@H](C)C(C)C)[nH]5)ccc4cc3c2)C1)C(C)C.S.S.S.S.S.S.S. The maximum absolute atomic E-state index is 14.2. The van der Waals surface area contributed by atoms with Crippen molar-refractivity contribution in [3.8, 4) is 11.3 Å². The number of imidazole rings is 1. The van der Waals surface area contributed by atoms with E-state index in [1.165, 1.54) is 26.4 Å². The summed E-state index contributed by atoms with van der Waals surface area (Å²) in [6.45, 7) is 12.2. The minimum atomic E-state index is -0.699. The summed E-state index contributed by atoms with van der Waals surface area (Å²) in [5, 5.41) is 7.42. The number of ether oxygens (including phenoxy) is 2. The van der Waals surface area contributed by atoms with Crippen LogP contribution in [0.4, 0.5) is 4.79 Å². The van der Waals surface area contributed by atoms with Crippen LogP contribution in [0.3, 0.4) is 0 Å². The standard InChI is InChI=1S/C50H62N6O5.7H2S/c1-29(2)31(5)47(57)56-42-11-8-7-10-36(42)23-43(56)46-52-26-41(53-46)35-15-14-33-18-37-20-34(13-12-32(37)19-38(33)21-35)39-22-40(51-25-39)44-24-50(16-9-17-61-28-50)27-55(44)48(58)45(30(3)4)54-49(59)60-6;;;;;;;/h12-15,18-21,25-26,29-31,36,42-45H,7-11,16-17,22-24,27-28H2,1-6H3,(H,52,53)(H,54,59);7*1H2/t31-,36-,42-,43-,44-,45-,50-;;;;;;;/m0......./s1. The van der Waals surface area contributed by atoms with Crippen molar-refractivity contribution < 1.29 is 23.9 Å². The summed E-state index contributed by atoms with van der Waals surface area (Å²) in [5.74, 6) is 1.78. The number of carbonyl (C=O) groups is 3. The minimum Gasteiger partial charge on any atom is -0.453 e. The number of hydrogen-bond donors (Lipinski definition) is 2. The molecule has 378 valence electrons. The Labute approximate surface area is 452 Å². The molecule has 1 saturated carbocycles. The van der Waals surface area contributed by atoms with Crippen LogP contribution in [0.1, 0.15) is 110 Å². The molecule has 0 unspecified atom stereocenters. The third-order valence-corrected chi connectivity index (χ3v) is 14.8. The van der Waals surface area contributed by atoms with Gasteiger partial charge in [0.05, 0.1) is 37.7 Å². The first-order valence-electron chi connectivity index (χ1n) is 22.8. The van der Waals surface area contributed by atoms with Crippen LogP contribution in [-0.4, -0.2) is 88.4 Å². The third-order valence-electron chi connectivity index (χ3n) is 14.8. The highest BCUT2D eigenvalue weighted by molar-refractivity contribution is 7.60. The number of nitrogens with zero attached hydrogens (tertiary/aromatic N) is 4. The fourth-order valence-electron chi connectivity index (χ4n) is 11.0. The van der Waals surface area contributed by atoms with Gasteiger partial charge in [-0.15, -0.1) is 0 Å². The fourth-order valence-corrected chi connectivity index (χ4v) is 11.0. The Hall–Kier alpha value is -2.58. The summed E-state index contributed by atoms with van der Waals surface area (Å²) in [6.07, 6.45) is 12.4. The zero-order valence-electron chi connectivity index (χ0n) is 40.2. The van der Waals surface area contributed by atoms with E-state index in [2.05, 4.69) is 84.5 Å². The molecule has 0 bridgehead atoms. The maximum Gasteiger partial charge on any atom is 0.407 e. The highest BCUT2D eigenvalue weighted by Gasteiger charge is 2.51. The predicted octanol–water partition coefficient (Wildman–Crippen LogP) is 10.3. The first-order valence-corrected chi connectivity index (χ1v) is 22.8. The molecule has 9 rings (SSSR count). The van der Waals surface area contributed by atoms with E-state index in [-0.39, 0.29) is 136 Å². The van der Waals surface area contributed by atoms with E-state index in [9.17, 15) is 14.4 Å². The number of carbonyl (C=O) groups excluding carboxylic acids is 3. The minimum absolute atomic E-state index is 0. The number of aliphatic imine (C=N–C) groups is 1. The molecule has 2 N–H and O–H groups in total. The summed E-state index contributed by atoms with van der Waals surface area (Å²) in [7, 11) is 1.32. The average molecular weight is 1070 g/mol. The normalized spacial score (nSPS) is 23.5. The second-order valence-electron chi connectivity index (χ2n) is 19.5. The van der Waals surface area contributed by atoms with Crippen molar-refractivity contribution in [2.75, 3.05) is 26.9 Å². The van der Waals surface area contributed by atoms with E-state index in [1.54, 1.807) is 0 Å². The Morgan fingerprint density at radius 3 is 2.10 bits per heavy atom. The van der Waals surface area contributed by atoms with Gasteiger partial charge in [0.2, 0.25) is 11.8 Å². The predicted molar refractivity (Wildman–Crippen MR) is 312 cm³/mol. The quantitative estimate of drug-likeness (QED) is 0.161. The Morgan fingerprint density at radius 1 is 0.809 bits per heavy atom. The van der Waals surface area contributed by atoms with Gasteiger partial charge in [0.15, 0.2) is 0 Å². The number of methoxy groups -OCH3 is 1. The molecule has 1 aromatic heterocycles. The lowest BCUT2D eigenvalue weighted by Gasteiger charge is -2.36. The van der Waals surface area contributed by atoms with Gasteiger partial charge >= 0.3 is 6.09 Å². The van der Waals surface area contributed by atoms with E-state index in [1.807, 2.05) is 31.1 Å². The van der Waals surface area contributed by atoms with Gasteiger partial charge < -0.3 is 29.6 Å². The van der Waals surface area contributed by atoms with Gasteiger partial charge in [-0.1, -0.05) is 71.7 Å². The van der Waals surface area contributed by atoms with Gasteiger partial charge in [-0.05, 0) is 113 Å². The topological polar surface area (TPSA) is 129 Å². The molecular formula is C50H76N6O5S7. The molecule has 18 heteroatoms. The lowest BCUT2D eigenvalue weighted by molar-refractivity contribution is -0.140. The molecular weight excluding hydrogens is 989 g/mol. The van der Waals surface area contributed by atoms with Crippen LogP contribution in [0.2, 0.25) is 0 Å². The molecule has 4 aromatic rings. The van der Waals surface area contributed by atoms with Gasteiger partial charge in [-0.3, -0.25) is 14.6 Å². The number of rotatable bonds is 9. The van der Waals surface area contributed by atoms with Crippen molar-refractivity contribution in [1.82, 2.24) is 25.1 Å². The second kappa shape index (κ2) is 25.7. The molecule has 3 amide bonds. The Bertz CT molecular complexity index is 2420. The number of H-pyrrole nitrogens is 1. The molecule has 68 heavy (non-hydrogen) atoms. The Balaban J connectivity index is 0.00000227. The molecule has 7 atom stereocenters. The van der Waals surface area contributed by atoms with Gasteiger partial charge in [0, 0.05) is 54.4 Å². The molecule has 5 heterocycles. The first kappa shape index (κ1) is 61.5. The Morgan fingerprint density at radius 2 is 1.47 bits per heavy atom. The molecule has 3 aromatic carbocycles. The molecule has 1 aliphatic carbocycles. The monoisotopic (exact) mass is 1060 g/mol. The highest BCUT2D eigenvalue weighted by Crippen LogP contribution is 2.47. The molecule has 1 spiro atoms. The summed E-state index contributed by atoms with van der Waals surface area (Å²) in [5.41, 5.74) is 5.16. The second-order valence-corrected chi connectivity index (χ2v) is 19.5. The van der Waals surface area contributed by atoms with Crippen molar-refractivity contribution in [3.05, 3.63) is 72.3 Å². The van der Waals surface area contributed by atoms with Crippen LogP contribution in [0.15, 0.2) is 65.9 Å². The molecule has 4 fully saturated rings. The van der Waals surface area contributed by atoms with Crippen molar-refractivity contribution >= 4 is 145 Å². The number of hydrogen-bond acceptors (Lipinski definition) is 7. The van der Waals surface area contributed by atoms with Crippen LogP contribution in [0, 0.1) is 29.1 Å². The van der Waals surface area contributed by atoms with Crippen LogP contribution >= 0.6 is 94.5 Å². The summed E-state index contributed by atoms with van der Waals surface area (Å²) >= 11 is 0. The van der Waals surface area contributed by atoms with Crippen molar-refractivity contribution in [2.24, 2.45) is 34.1 Å². The lowest BCUT2D eigenvalue weighted by Crippen LogP contribution is -2.54. The van der Waals surface area contributed by atoms with Crippen molar-refractivity contribution in [1.29, 1.82) is 0 Å². The third kappa shape index (κ3) is 12.2. The summed E-state index contributed by atoms with van der Waals surface area (Å²) < 4.78 is 10.9. The molecule has 11 nitrogen and oxygen atoms in total. The molecule has 4 aliphatic heterocycles. The smallest absolute Gasteiger partial charge is 0.407 e. The number of allylic oxidation sites excluding steroid dienone is 1. The van der Waals surface area contributed by atoms with E-state index in [0.717, 1.165) is 94.2 Å². The van der Waals surface area contributed by atoms with Crippen LogP contribution < -0.4 is 5.32 Å². The number of amides is 3. The maximum atomic E-state index is 14.2. The lowest BCUT2D eigenvalue weighted by atomic mass is 9.79. The molecule has 5 aliphatic rings. The van der Waals surface area contributed by atoms with Crippen molar-refractivity contribution in [3.63, 3.8) is 0 Å². The number of benzene rings is 3. The van der Waals surface area contributed by atoms with E-state index >= 15 is 0 Å². The van der Waals surface area contributed by atoms with Crippen LogP contribution in [0.25, 0.3) is 38.4 Å². The number of fused-ring (bicyclic) bond motifs is 3. The van der Waals surface area contributed by atoms with Gasteiger partial charge in [-0.25, -0.2) is 9.78 Å². The largest absolute Gasteiger partial charge is 0.453 e. The zero-order chi connectivity index (χ0) is 42.6. The number of likely N-dealkylation sites (tertiary alicyclic amines) is 2. The number of aromatic nitrogens is 2. The zero-order valence-corrected chi connectivity index (χ0v) is 47.2. The van der Waals surface area contributed by atoms with Gasteiger partial charge in [-0.2, -0.15) is 94.5 Å². The molecule has 0 radical (unpaired) electrons. The summed E-state index contributed by atoms with van der Waals surface area (Å²) in [4.78, 5) is 58.2. The fraction of sp³-hybridized carbons (Fsp3) is 0.540. The van der Waals surface area contributed by atoms with E-state index in [4.69, 9.17) is 19.5 Å². The highest BCUT2D eigenvalue weighted by atomic mass is 32.1. The number of nitrogens with one attached hydrogen (secondary N) is 2. The van der Waals surface area contributed by atoms with E-state index in [0.29, 0.717) is 37.5 Å². The average Bonchev–Trinajstić information content (AvgIpc) is 4.09. The summed E-state index contributed by atoms with van der Waals surface area (Å²) in [6, 6.07) is 17.2. The van der Waals surface area contributed by atoms with Crippen LogP contribution in [-0.2, 0) is 19.1 Å². The first-order chi connectivity index (χ1) is 29.4. The van der Waals surface area contributed by atoms with Crippen molar-refractivity contribution in [2.45, 2.75) is 117 Å². The number of aromatic amines is 1. The van der Waals surface area contributed by atoms with E-state index < -0.39 is 12.1 Å². The Kier molecular flexibility index (Phi) is 23.3. The van der Waals surface area contributed by atoms with Gasteiger partial charge in [0.25, 0.3) is 0 Å². The van der Waals surface area contributed by atoms with Crippen LogP contribution in [0.5, 0.6) is 0 Å². The molecule has 3 saturated heterocycles. The van der Waals surface area contributed by atoms with Gasteiger partial charge in [0.1, 0.15) is 11.9 Å². The number of alkyl carbamates (subject to hydrolysis) is 1.